The Morgan fingerprint density at radius 1 is 1.26 bits per heavy atom. The number of hydrogen-bond acceptors (Lipinski definition) is 3. The highest BCUT2D eigenvalue weighted by atomic mass is 35.5. The lowest BCUT2D eigenvalue weighted by Gasteiger charge is -2.32. The molecular formula is C18H27ClN2O2. The van der Waals surface area contributed by atoms with Gasteiger partial charge in [-0.05, 0) is 42.9 Å². The number of carbonyl (C=O) groups excluding carboxylic acids is 1. The number of ether oxygens (including phenoxy) is 1. The molecule has 0 aromatic heterocycles. The average Bonchev–Trinajstić information content (AvgIpc) is 2.55. The number of nitrogens with two attached hydrogens (primary N) is 1. The normalized spacial score (nSPS) is 26.7. The minimum absolute atomic E-state index is 0. The minimum atomic E-state index is -0.107. The van der Waals surface area contributed by atoms with Gasteiger partial charge in [-0.2, -0.15) is 0 Å². The van der Waals surface area contributed by atoms with E-state index < -0.39 is 0 Å². The predicted molar refractivity (Wildman–Crippen MR) is 93.6 cm³/mol. The van der Waals surface area contributed by atoms with Gasteiger partial charge < -0.3 is 15.8 Å². The summed E-state index contributed by atoms with van der Waals surface area (Å²) >= 11 is 0. The summed E-state index contributed by atoms with van der Waals surface area (Å²) in [5, 5.41) is 3.20. The van der Waals surface area contributed by atoms with Crippen molar-refractivity contribution in [3.8, 4) is 0 Å². The van der Waals surface area contributed by atoms with Crippen molar-refractivity contribution >= 4 is 18.3 Å². The van der Waals surface area contributed by atoms with Gasteiger partial charge in [0.15, 0.2) is 0 Å². The van der Waals surface area contributed by atoms with Gasteiger partial charge in [-0.3, -0.25) is 4.79 Å². The van der Waals surface area contributed by atoms with Crippen LogP contribution in [0.25, 0.3) is 0 Å². The van der Waals surface area contributed by atoms with E-state index in [0.29, 0.717) is 25.5 Å². The Bertz CT molecular complexity index is 523. The number of fused-ring (bicyclic) bond motifs is 1. The molecule has 0 saturated heterocycles. The molecule has 23 heavy (non-hydrogen) atoms. The van der Waals surface area contributed by atoms with E-state index in [0.717, 1.165) is 19.3 Å². The molecule has 1 heterocycles. The molecule has 0 radical (unpaired) electrons. The van der Waals surface area contributed by atoms with Crippen LogP contribution in [0.2, 0.25) is 0 Å². The standard InChI is InChI=1S/C18H26N2O2.ClH/c19-12-14-6-2-4-8-16(14)20-18(21)11-17-15-7-3-1-5-13(15)9-10-22-17;/h1,3,5,7,14,16-17H,2,4,6,8-12,19H2,(H,20,21);1H. The van der Waals surface area contributed by atoms with Gasteiger partial charge in [-0.15, -0.1) is 12.4 Å². The van der Waals surface area contributed by atoms with E-state index in [1.165, 1.54) is 24.0 Å². The monoisotopic (exact) mass is 338 g/mol. The highest BCUT2D eigenvalue weighted by Gasteiger charge is 2.28. The second-order valence-electron chi connectivity index (χ2n) is 6.47. The molecule has 1 aliphatic carbocycles. The molecule has 4 nitrogen and oxygen atoms in total. The molecule has 1 aromatic rings. The molecule has 1 aliphatic heterocycles. The van der Waals surface area contributed by atoms with Gasteiger partial charge in [-0.1, -0.05) is 37.1 Å². The first kappa shape index (κ1) is 18.2. The molecule has 3 N–H and O–H groups in total. The van der Waals surface area contributed by atoms with Crippen molar-refractivity contribution in [2.24, 2.45) is 11.7 Å². The van der Waals surface area contributed by atoms with Crippen molar-refractivity contribution < 1.29 is 9.53 Å². The fourth-order valence-corrected chi connectivity index (χ4v) is 3.76. The molecular weight excluding hydrogens is 312 g/mol. The molecule has 1 saturated carbocycles. The first-order valence-electron chi connectivity index (χ1n) is 8.46. The Balaban J connectivity index is 0.00000192. The lowest BCUT2D eigenvalue weighted by molar-refractivity contribution is -0.125. The van der Waals surface area contributed by atoms with E-state index in [1.54, 1.807) is 0 Å². The van der Waals surface area contributed by atoms with Gasteiger partial charge in [0.05, 0.1) is 19.1 Å². The molecule has 1 amide bonds. The first-order chi connectivity index (χ1) is 10.8. The van der Waals surface area contributed by atoms with Crippen LogP contribution in [0.5, 0.6) is 0 Å². The van der Waals surface area contributed by atoms with Crippen molar-refractivity contribution in [3.05, 3.63) is 35.4 Å². The highest BCUT2D eigenvalue weighted by Crippen LogP contribution is 2.30. The van der Waals surface area contributed by atoms with Gasteiger partial charge in [-0.25, -0.2) is 0 Å². The molecule has 3 atom stereocenters. The molecule has 1 fully saturated rings. The molecule has 3 rings (SSSR count). The maximum absolute atomic E-state index is 12.4. The number of halogens is 1. The summed E-state index contributed by atoms with van der Waals surface area (Å²) < 4.78 is 5.83. The lowest BCUT2D eigenvalue weighted by Crippen LogP contribution is -2.45. The molecule has 2 aliphatic rings. The van der Waals surface area contributed by atoms with Crippen LogP contribution in [0.1, 0.15) is 49.3 Å². The Morgan fingerprint density at radius 3 is 2.87 bits per heavy atom. The molecule has 0 spiro atoms. The zero-order valence-corrected chi connectivity index (χ0v) is 14.3. The van der Waals surface area contributed by atoms with Crippen molar-refractivity contribution in [1.29, 1.82) is 0 Å². The fraction of sp³-hybridized carbons (Fsp3) is 0.611. The summed E-state index contributed by atoms with van der Waals surface area (Å²) in [6, 6.07) is 8.52. The largest absolute Gasteiger partial charge is 0.373 e. The van der Waals surface area contributed by atoms with Crippen LogP contribution in [0.4, 0.5) is 0 Å². The summed E-state index contributed by atoms with van der Waals surface area (Å²) in [5.41, 5.74) is 8.32. The molecule has 5 heteroatoms. The van der Waals surface area contributed by atoms with Crippen molar-refractivity contribution in [2.45, 2.75) is 50.7 Å². The number of benzene rings is 1. The third kappa shape index (κ3) is 4.46. The van der Waals surface area contributed by atoms with E-state index in [9.17, 15) is 4.79 Å². The lowest BCUT2D eigenvalue weighted by atomic mass is 9.84. The smallest absolute Gasteiger partial charge is 0.223 e. The van der Waals surface area contributed by atoms with Gasteiger partial charge in [0.2, 0.25) is 5.91 Å². The number of hydrogen-bond donors (Lipinski definition) is 2. The van der Waals surface area contributed by atoms with Crippen molar-refractivity contribution in [3.63, 3.8) is 0 Å². The van der Waals surface area contributed by atoms with Gasteiger partial charge >= 0.3 is 0 Å². The Kier molecular flexibility index (Phi) is 6.88. The average molecular weight is 339 g/mol. The van der Waals surface area contributed by atoms with Crippen LogP contribution in [-0.2, 0) is 16.0 Å². The Labute approximate surface area is 144 Å². The highest BCUT2D eigenvalue weighted by molar-refractivity contribution is 5.85. The van der Waals surface area contributed by atoms with E-state index in [1.807, 2.05) is 6.07 Å². The van der Waals surface area contributed by atoms with Crippen LogP contribution in [0.15, 0.2) is 24.3 Å². The second kappa shape index (κ2) is 8.67. The third-order valence-electron chi connectivity index (χ3n) is 5.02. The Hall–Kier alpha value is -1.10. The van der Waals surface area contributed by atoms with Crippen LogP contribution in [0, 0.1) is 5.92 Å². The van der Waals surface area contributed by atoms with E-state index in [2.05, 4.69) is 23.5 Å². The summed E-state index contributed by atoms with van der Waals surface area (Å²) in [6.07, 6.45) is 5.83. The van der Waals surface area contributed by atoms with E-state index >= 15 is 0 Å². The summed E-state index contributed by atoms with van der Waals surface area (Å²) in [6.45, 7) is 1.36. The van der Waals surface area contributed by atoms with Crippen LogP contribution in [0.3, 0.4) is 0 Å². The van der Waals surface area contributed by atoms with Gasteiger partial charge in [0.1, 0.15) is 0 Å². The zero-order chi connectivity index (χ0) is 15.4. The summed E-state index contributed by atoms with van der Waals surface area (Å²) in [4.78, 5) is 12.4. The summed E-state index contributed by atoms with van der Waals surface area (Å²) in [5.74, 6) is 0.518. The van der Waals surface area contributed by atoms with Gasteiger partial charge in [0, 0.05) is 6.04 Å². The first-order valence-corrected chi connectivity index (χ1v) is 8.46. The SMILES string of the molecule is Cl.NCC1CCCCC1NC(=O)CC1OCCc2ccccc21. The minimum Gasteiger partial charge on any atom is -0.373 e. The second-order valence-corrected chi connectivity index (χ2v) is 6.47. The van der Waals surface area contributed by atoms with E-state index in [4.69, 9.17) is 10.5 Å². The number of amides is 1. The number of carbonyl (C=O) groups is 1. The maximum atomic E-state index is 12.4. The number of nitrogens with one attached hydrogen (secondary N) is 1. The van der Waals surface area contributed by atoms with Gasteiger partial charge in [0.25, 0.3) is 0 Å². The van der Waals surface area contributed by atoms with Crippen molar-refractivity contribution in [2.75, 3.05) is 13.2 Å². The molecule has 128 valence electrons. The third-order valence-corrected chi connectivity index (χ3v) is 5.02. The van der Waals surface area contributed by atoms with Crippen LogP contribution >= 0.6 is 12.4 Å². The van der Waals surface area contributed by atoms with Crippen LogP contribution < -0.4 is 11.1 Å². The quantitative estimate of drug-likeness (QED) is 0.887. The number of rotatable bonds is 4. The fourth-order valence-electron chi connectivity index (χ4n) is 3.76. The van der Waals surface area contributed by atoms with Crippen molar-refractivity contribution in [1.82, 2.24) is 5.32 Å². The zero-order valence-electron chi connectivity index (χ0n) is 13.5. The van der Waals surface area contributed by atoms with Crippen LogP contribution in [-0.4, -0.2) is 25.1 Å². The summed E-state index contributed by atoms with van der Waals surface area (Å²) in [7, 11) is 0. The molecule has 0 bridgehead atoms. The molecule has 3 unspecified atom stereocenters. The predicted octanol–water partition coefficient (Wildman–Crippen LogP) is 2.75. The topological polar surface area (TPSA) is 64.3 Å². The Morgan fingerprint density at radius 2 is 2.04 bits per heavy atom. The molecule has 1 aromatic carbocycles. The van der Waals surface area contributed by atoms with E-state index in [-0.39, 0.29) is 30.5 Å². The maximum Gasteiger partial charge on any atom is 0.223 e.